The highest BCUT2D eigenvalue weighted by Crippen LogP contribution is 2.22. The Hall–Kier alpha value is -1.97. The minimum atomic E-state index is 0.0765. The van der Waals surface area contributed by atoms with Crippen LogP contribution in [0.1, 0.15) is 25.7 Å². The van der Waals surface area contributed by atoms with Crippen LogP contribution in [0.25, 0.3) is 10.9 Å². The van der Waals surface area contributed by atoms with Crippen molar-refractivity contribution in [3.05, 3.63) is 30.5 Å². The maximum Gasteiger partial charge on any atom is 0.240 e. The zero-order valence-corrected chi connectivity index (χ0v) is 10.9. The molecule has 3 rings (SSSR count). The van der Waals surface area contributed by atoms with Crippen molar-refractivity contribution >= 4 is 22.5 Å². The molecule has 0 aliphatic heterocycles. The van der Waals surface area contributed by atoms with Gasteiger partial charge in [0.25, 0.3) is 0 Å². The Balaban J connectivity index is 1.75. The zero-order valence-electron chi connectivity index (χ0n) is 10.9. The van der Waals surface area contributed by atoms with E-state index < -0.39 is 0 Å². The summed E-state index contributed by atoms with van der Waals surface area (Å²) in [6.45, 7) is 0.341. The lowest BCUT2D eigenvalue weighted by Gasteiger charge is -2.13. The van der Waals surface area contributed by atoms with Gasteiger partial charge in [-0.15, -0.1) is 0 Å². The number of rotatable bonds is 3. The van der Waals surface area contributed by atoms with Crippen molar-refractivity contribution in [2.45, 2.75) is 38.3 Å². The molecule has 4 heteroatoms. The van der Waals surface area contributed by atoms with Crippen molar-refractivity contribution in [3.8, 4) is 0 Å². The Morgan fingerprint density at radius 1 is 1.32 bits per heavy atom. The molecule has 0 saturated heterocycles. The highest BCUT2D eigenvalue weighted by Gasteiger charge is 2.17. The molecule has 0 bridgehead atoms. The largest absolute Gasteiger partial charge is 0.397 e. The highest BCUT2D eigenvalue weighted by atomic mass is 16.2. The second kappa shape index (κ2) is 4.96. The maximum atomic E-state index is 12.0. The van der Waals surface area contributed by atoms with Crippen LogP contribution in [0.4, 0.5) is 5.69 Å². The molecule has 1 amide bonds. The molecule has 2 aromatic rings. The molecule has 1 aromatic heterocycles. The molecule has 0 unspecified atom stereocenters. The summed E-state index contributed by atoms with van der Waals surface area (Å²) < 4.78 is 1.93. The Morgan fingerprint density at radius 2 is 2.11 bits per heavy atom. The normalized spacial score (nSPS) is 16.0. The average Bonchev–Trinajstić information content (AvgIpc) is 3.00. The molecule has 0 radical (unpaired) electrons. The van der Waals surface area contributed by atoms with Gasteiger partial charge in [0.2, 0.25) is 5.91 Å². The SMILES string of the molecule is Nc1cccc2ccn(CC(=O)NC3CCCC3)c12. The van der Waals surface area contributed by atoms with Gasteiger partial charge in [0.05, 0.1) is 11.2 Å². The van der Waals surface area contributed by atoms with Crippen LogP contribution in [0.3, 0.4) is 0 Å². The van der Waals surface area contributed by atoms with Crippen molar-refractivity contribution in [1.29, 1.82) is 0 Å². The number of hydrogen-bond acceptors (Lipinski definition) is 2. The average molecular weight is 257 g/mol. The molecule has 1 fully saturated rings. The lowest BCUT2D eigenvalue weighted by Crippen LogP contribution is -2.35. The maximum absolute atomic E-state index is 12.0. The minimum absolute atomic E-state index is 0.0765. The Labute approximate surface area is 112 Å². The number of amides is 1. The van der Waals surface area contributed by atoms with Crippen LogP contribution >= 0.6 is 0 Å². The second-order valence-electron chi connectivity index (χ2n) is 5.28. The fourth-order valence-electron chi connectivity index (χ4n) is 2.92. The van der Waals surface area contributed by atoms with E-state index in [0.717, 1.165) is 29.4 Å². The van der Waals surface area contributed by atoms with Crippen molar-refractivity contribution in [1.82, 2.24) is 9.88 Å². The summed E-state index contributed by atoms with van der Waals surface area (Å²) in [6.07, 6.45) is 6.60. The van der Waals surface area contributed by atoms with Gasteiger partial charge in [-0.3, -0.25) is 4.79 Å². The van der Waals surface area contributed by atoms with Crippen molar-refractivity contribution in [3.63, 3.8) is 0 Å². The Bertz CT molecular complexity index is 596. The zero-order chi connectivity index (χ0) is 13.2. The first-order chi connectivity index (χ1) is 9.24. The summed E-state index contributed by atoms with van der Waals surface area (Å²) in [5, 5.41) is 4.18. The van der Waals surface area contributed by atoms with Gasteiger partial charge in [-0.1, -0.05) is 25.0 Å². The molecule has 1 aliphatic rings. The van der Waals surface area contributed by atoms with E-state index in [2.05, 4.69) is 5.32 Å². The van der Waals surface area contributed by atoms with Crippen molar-refractivity contribution < 1.29 is 4.79 Å². The number of benzene rings is 1. The van der Waals surface area contributed by atoms with Gasteiger partial charge < -0.3 is 15.6 Å². The summed E-state index contributed by atoms with van der Waals surface area (Å²) in [5.74, 6) is 0.0765. The van der Waals surface area contributed by atoms with E-state index in [1.807, 2.05) is 35.0 Å². The van der Waals surface area contributed by atoms with E-state index in [0.29, 0.717) is 12.6 Å². The van der Waals surface area contributed by atoms with Gasteiger partial charge in [-0.25, -0.2) is 0 Å². The number of nitrogen functional groups attached to an aromatic ring is 1. The summed E-state index contributed by atoms with van der Waals surface area (Å²) in [6, 6.07) is 8.17. The number of para-hydroxylation sites is 1. The number of aromatic nitrogens is 1. The number of nitrogens with one attached hydrogen (secondary N) is 1. The number of fused-ring (bicyclic) bond motifs is 1. The topological polar surface area (TPSA) is 60.0 Å². The van der Waals surface area contributed by atoms with Gasteiger partial charge >= 0.3 is 0 Å². The van der Waals surface area contributed by atoms with Crippen molar-refractivity contribution in [2.24, 2.45) is 0 Å². The molecule has 4 nitrogen and oxygen atoms in total. The van der Waals surface area contributed by atoms with Gasteiger partial charge in [0, 0.05) is 17.6 Å². The van der Waals surface area contributed by atoms with Crippen LogP contribution in [0.5, 0.6) is 0 Å². The van der Waals surface area contributed by atoms with Gasteiger partial charge in [0.1, 0.15) is 6.54 Å². The van der Waals surface area contributed by atoms with E-state index in [1.54, 1.807) is 0 Å². The molecule has 1 saturated carbocycles. The molecule has 3 N–H and O–H groups in total. The number of nitrogens with zero attached hydrogens (tertiary/aromatic N) is 1. The molecular formula is C15H19N3O. The van der Waals surface area contributed by atoms with Gasteiger partial charge in [-0.2, -0.15) is 0 Å². The van der Waals surface area contributed by atoms with E-state index in [9.17, 15) is 4.79 Å². The first kappa shape index (κ1) is 12.1. The van der Waals surface area contributed by atoms with Gasteiger partial charge in [-0.05, 0) is 25.0 Å². The molecule has 0 atom stereocenters. The second-order valence-corrected chi connectivity index (χ2v) is 5.28. The summed E-state index contributed by atoms with van der Waals surface area (Å²) in [4.78, 5) is 12.0. The standard InChI is InChI=1S/C15H19N3O/c16-13-7-3-4-11-8-9-18(15(11)13)10-14(19)17-12-5-1-2-6-12/h3-4,7-9,12H,1-2,5-6,10,16H2,(H,17,19). The quantitative estimate of drug-likeness (QED) is 0.829. The van der Waals surface area contributed by atoms with E-state index in [1.165, 1.54) is 12.8 Å². The third kappa shape index (κ3) is 2.43. The predicted octanol–water partition coefficient (Wildman–Crippen LogP) is 2.28. The Morgan fingerprint density at radius 3 is 2.89 bits per heavy atom. The number of carbonyl (C=O) groups is 1. The fraction of sp³-hybridized carbons (Fsp3) is 0.400. The fourth-order valence-corrected chi connectivity index (χ4v) is 2.92. The van der Waals surface area contributed by atoms with E-state index >= 15 is 0 Å². The van der Waals surface area contributed by atoms with Crippen LogP contribution in [0.15, 0.2) is 30.5 Å². The number of carbonyl (C=O) groups excluding carboxylic acids is 1. The molecule has 1 heterocycles. The smallest absolute Gasteiger partial charge is 0.240 e. The third-order valence-corrected chi connectivity index (χ3v) is 3.85. The first-order valence-electron chi connectivity index (χ1n) is 6.87. The van der Waals surface area contributed by atoms with Crippen LogP contribution in [-0.4, -0.2) is 16.5 Å². The third-order valence-electron chi connectivity index (χ3n) is 3.85. The molecular weight excluding hydrogens is 238 g/mol. The molecule has 1 aromatic carbocycles. The Kier molecular flexibility index (Phi) is 3.15. The van der Waals surface area contributed by atoms with Crippen LogP contribution in [0.2, 0.25) is 0 Å². The summed E-state index contributed by atoms with van der Waals surface area (Å²) >= 11 is 0. The van der Waals surface area contributed by atoms with Crippen LogP contribution in [-0.2, 0) is 11.3 Å². The molecule has 0 spiro atoms. The van der Waals surface area contributed by atoms with E-state index in [-0.39, 0.29) is 5.91 Å². The summed E-state index contributed by atoms with van der Waals surface area (Å²) in [7, 11) is 0. The number of hydrogen-bond donors (Lipinski definition) is 2. The minimum Gasteiger partial charge on any atom is -0.397 e. The van der Waals surface area contributed by atoms with Crippen LogP contribution in [0, 0.1) is 0 Å². The van der Waals surface area contributed by atoms with Crippen molar-refractivity contribution in [2.75, 3.05) is 5.73 Å². The summed E-state index contributed by atoms with van der Waals surface area (Å²) in [5.41, 5.74) is 7.66. The molecule has 100 valence electrons. The first-order valence-corrected chi connectivity index (χ1v) is 6.87. The van der Waals surface area contributed by atoms with Crippen LogP contribution < -0.4 is 11.1 Å². The van der Waals surface area contributed by atoms with E-state index in [4.69, 9.17) is 5.73 Å². The van der Waals surface area contributed by atoms with Gasteiger partial charge in [0.15, 0.2) is 0 Å². The monoisotopic (exact) mass is 257 g/mol. The number of nitrogens with two attached hydrogens (primary N) is 1. The lowest BCUT2D eigenvalue weighted by atomic mass is 10.2. The lowest BCUT2D eigenvalue weighted by molar-refractivity contribution is -0.122. The molecule has 19 heavy (non-hydrogen) atoms. The molecule has 1 aliphatic carbocycles. The number of anilines is 1. The highest BCUT2D eigenvalue weighted by molar-refractivity contribution is 5.91. The predicted molar refractivity (Wildman–Crippen MR) is 76.7 cm³/mol.